The lowest BCUT2D eigenvalue weighted by molar-refractivity contribution is -0.755. The predicted molar refractivity (Wildman–Crippen MR) is 129 cm³/mol. The highest BCUT2D eigenvalue weighted by atomic mass is 15.1. The first kappa shape index (κ1) is 20.8. The standard InChI is InChI=1S/C29H36N/c1-6-10-11-14-22-17-18-26-25(21-22)27-24-16-13-12-15-23(24)19-20-30(27)29(8-3,9-4)28(26,5)7-2/h8,12-13,15-21H,3,6-7,9-11,14H2,1-2,4-5H3/q+1. The zero-order chi connectivity index (χ0) is 21.4. The zero-order valence-electron chi connectivity index (χ0n) is 19.2. The molecular formula is C29H36N+. The smallest absolute Gasteiger partial charge is 0.188 e. The summed E-state index contributed by atoms with van der Waals surface area (Å²) < 4.78 is 2.55. The van der Waals surface area contributed by atoms with Gasteiger partial charge in [-0.2, -0.15) is 4.57 Å². The van der Waals surface area contributed by atoms with E-state index in [0.29, 0.717) is 0 Å². The summed E-state index contributed by atoms with van der Waals surface area (Å²) in [6, 6.07) is 18.4. The van der Waals surface area contributed by atoms with Crippen molar-refractivity contribution in [3.8, 4) is 11.3 Å². The highest BCUT2D eigenvalue weighted by molar-refractivity contribution is 5.94. The fourth-order valence-corrected chi connectivity index (χ4v) is 5.85. The number of pyridine rings is 1. The van der Waals surface area contributed by atoms with Gasteiger partial charge in [-0.05, 0) is 60.9 Å². The highest BCUT2D eigenvalue weighted by Crippen LogP contribution is 2.51. The SMILES string of the molecule is C=CC1(CC)[n+]2ccc3ccccc3c2-c2cc(CCCCC)ccc2C1(C)CC. The van der Waals surface area contributed by atoms with E-state index < -0.39 is 0 Å². The maximum absolute atomic E-state index is 4.37. The van der Waals surface area contributed by atoms with Gasteiger partial charge >= 0.3 is 0 Å². The summed E-state index contributed by atoms with van der Waals surface area (Å²) in [5.74, 6) is 0. The monoisotopic (exact) mass is 398 g/mol. The minimum Gasteiger partial charge on any atom is -0.188 e. The molecular weight excluding hydrogens is 362 g/mol. The Morgan fingerprint density at radius 2 is 1.77 bits per heavy atom. The normalized spacial score (nSPS) is 22.5. The largest absolute Gasteiger partial charge is 0.221 e. The third-order valence-electron chi connectivity index (χ3n) is 7.83. The summed E-state index contributed by atoms with van der Waals surface area (Å²) in [6.07, 6.45) is 11.6. The van der Waals surface area contributed by atoms with E-state index in [0.717, 1.165) is 19.3 Å². The van der Waals surface area contributed by atoms with Crippen LogP contribution in [-0.2, 0) is 17.4 Å². The molecule has 3 aromatic rings. The molecule has 0 fully saturated rings. The van der Waals surface area contributed by atoms with Gasteiger partial charge in [0.15, 0.2) is 11.7 Å². The van der Waals surface area contributed by atoms with Gasteiger partial charge in [-0.1, -0.05) is 70.5 Å². The molecule has 0 radical (unpaired) electrons. The van der Waals surface area contributed by atoms with Crippen LogP contribution in [0.4, 0.5) is 0 Å². The third kappa shape index (κ3) is 2.86. The minimum atomic E-state index is -0.141. The number of hydrogen-bond acceptors (Lipinski definition) is 0. The number of allylic oxidation sites excluding steroid dienone is 1. The molecule has 0 amide bonds. The molecule has 1 aromatic heterocycles. The van der Waals surface area contributed by atoms with Crippen molar-refractivity contribution in [2.75, 3.05) is 0 Å². The second kappa shape index (κ2) is 8.02. The number of rotatable bonds is 7. The quantitative estimate of drug-likeness (QED) is 0.220. The molecule has 30 heavy (non-hydrogen) atoms. The fourth-order valence-electron chi connectivity index (χ4n) is 5.85. The molecule has 2 heterocycles. The topological polar surface area (TPSA) is 3.88 Å². The molecule has 2 unspecified atom stereocenters. The predicted octanol–water partition coefficient (Wildman–Crippen LogP) is 7.50. The van der Waals surface area contributed by atoms with Gasteiger partial charge in [0, 0.05) is 12.5 Å². The Hall–Kier alpha value is -2.41. The molecule has 0 bridgehead atoms. The summed E-state index contributed by atoms with van der Waals surface area (Å²) in [4.78, 5) is 0. The van der Waals surface area contributed by atoms with E-state index in [-0.39, 0.29) is 11.0 Å². The maximum atomic E-state index is 4.37. The van der Waals surface area contributed by atoms with Crippen molar-refractivity contribution in [2.45, 2.75) is 77.2 Å². The molecule has 1 aliphatic heterocycles. The molecule has 0 saturated heterocycles. The molecule has 4 rings (SSSR count). The summed E-state index contributed by atoms with van der Waals surface area (Å²) in [5, 5.41) is 2.64. The first-order chi connectivity index (χ1) is 14.6. The number of unbranched alkanes of at least 4 members (excludes halogenated alkanes) is 2. The van der Waals surface area contributed by atoms with Gasteiger partial charge in [-0.25, -0.2) is 0 Å². The second-order valence-corrected chi connectivity index (χ2v) is 9.13. The Kier molecular flexibility index (Phi) is 5.57. The van der Waals surface area contributed by atoms with Gasteiger partial charge in [0.05, 0.1) is 16.4 Å². The van der Waals surface area contributed by atoms with Gasteiger partial charge in [0.2, 0.25) is 5.69 Å². The second-order valence-electron chi connectivity index (χ2n) is 9.13. The van der Waals surface area contributed by atoms with Crippen molar-refractivity contribution in [1.29, 1.82) is 0 Å². The first-order valence-corrected chi connectivity index (χ1v) is 11.8. The van der Waals surface area contributed by atoms with Crippen LogP contribution in [0, 0.1) is 0 Å². The van der Waals surface area contributed by atoms with Crippen molar-refractivity contribution >= 4 is 10.8 Å². The highest BCUT2D eigenvalue weighted by Gasteiger charge is 2.58. The summed E-state index contributed by atoms with van der Waals surface area (Å²) in [5.41, 5.74) is 5.56. The molecule has 0 N–H and O–H groups in total. The lowest BCUT2D eigenvalue weighted by Gasteiger charge is -2.46. The Labute approximate surface area is 182 Å². The number of nitrogens with zero attached hydrogens (tertiary/aromatic N) is 1. The molecule has 1 heteroatoms. The van der Waals surface area contributed by atoms with E-state index in [2.05, 4.69) is 99.6 Å². The third-order valence-corrected chi connectivity index (χ3v) is 7.83. The van der Waals surface area contributed by atoms with Gasteiger partial charge in [-0.15, -0.1) is 0 Å². The van der Waals surface area contributed by atoms with Crippen LogP contribution in [0.5, 0.6) is 0 Å². The molecule has 2 atom stereocenters. The van der Waals surface area contributed by atoms with Crippen molar-refractivity contribution in [3.63, 3.8) is 0 Å². The summed E-state index contributed by atoms with van der Waals surface area (Å²) in [7, 11) is 0. The van der Waals surface area contributed by atoms with Crippen LogP contribution >= 0.6 is 0 Å². The van der Waals surface area contributed by atoms with E-state index in [1.807, 2.05) is 0 Å². The van der Waals surface area contributed by atoms with Crippen molar-refractivity contribution in [1.82, 2.24) is 0 Å². The molecule has 1 nitrogen and oxygen atoms in total. The minimum absolute atomic E-state index is 0.000898. The van der Waals surface area contributed by atoms with Gasteiger partial charge in [0.1, 0.15) is 0 Å². The summed E-state index contributed by atoms with van der Waals surface area (Å²) >= 11 is 0. The maximum Gasteiger partial charge on any atom is 0.221 e. The van der Waals surface area contributed by atoms with Crippen molar-refractivity contribution in [2.24, 2.45) is 0 Å². The van der Waals surface area contributed by atoms with Gasteiger partial charge in [-0.3, -0.25) is 0 Å². The van der Waals surface area contributed by atoms with Crippen LogP contribution in [0.2, 0.25) is 0 Å². The average molecular weight is 399 g/mol. The Morgan fingerprint density at radius 1 is 0.967 bits per heavy atom. The number of aromatic nitrogens is 1. The Balaban J connectivity index is 2.06. The molecule has 0 aliphatic carbocycles. The first-order valence-electron chi connectivity index (χ1n) is 11.8. The van der Waals surface area contributed by atoms with Gasteiger partial charge in [0.25, 0.3) is 0 Å². The van der Waals surface area contributed by atoms with Crippen LogP contribution in [0.25, 0.3) is 22.0 Å². The van der Waals surface area contributed by atoms with E-state index in [9.17, 15) is 0 Å². The number of hydrogen-bond donors (Lipinski definition) is 0. The van der Waals surface area contributed by atoms with E-state index in [1.165, 1.54) is 52.4 Å². The Bertz CT molecular complexity index is 1080. The van der Waals surface area contributed by atoms with Crippen LogP contribution in [-0.4, -0.2) is 0 Å². The van der Waals surface area contributed by atoms with Crippen LogP contribution in [0.15, 0.2) is 67.4 Å². The van der Waals surface area contributed by atoms with Crippen LogP contribution in [0.1, 0.15) is 70.9 Å². The number of benzene rings is 2. The van der Waals surface area contributed by atoms with Gasteiger partial charge < -0.3 is 0 Å². The van der Waals surface area contributed by atoms with E-state index >= 15 is 0 Å². The lowest BCUT2D eigenvalue weighted by atomic mass is 9.59. The number of aryl methyl sites for hydroxylation is 1. The molecule has 2 aromatic carbocycles. The van der Waals surface area contributed by atoms with E-state index in [1.54, 1.807) is 0 Å². The Morgan fingerprint density at radius 3 is 2.47 bits per heavy atom. The summed E-state index contributed by atoms with van der Waals surface area (Å²) in [6.45, 7) is 13.7. The van der Waals surface area contributed by atoms with Crippen molar-refractivity contribution < 1.29 is 4.57 Å². The van der Waals surface area contributed by atoms with Crippen molar-refractivity contribution in [3.05, 3.63) is 78.5 Å². The lowest BCUT2D eigenvalue weighted by Crippen LogP contribution is -2.68. The van der Waals surface area contributed by atoms with Crippen LogP contribution in [0.3, 0.4) is 0 Å². The van der Waals surface area contributed by atoms with Crippen LogP contribution < -0.4 is 4.57 Å². The average Bonchev–Trinajstić information content (AvgIpc) is 2.79. The fraction of sp³-hybridized carbons (Fsp3) is 0.414. The zero-order valence-corrected chi connectivity index (χ0v) is 19.2. The number of fused-ring (bicyclic) bond motifs is 5. The molecule has 0 spiro atoms. The molecule has 0 saturated carbocycles. The van der Waals surface area contributed by atoms with E-state index in [4.69, 9.17) is 0 Å². The molecule has 1 aliphatic rings. The molecule has 156 valence electrons.